The molecule has 1 aliphatic heterocycles. The van der Waals surface area contributed by atoms with E-state index in [-0.39, 0.29) is 0 Å². The van der Waals surface area contributed by atoms with Gasteiger partial charge in [-0.3, -0.25) is 4.99 Å². The Kier molecular flexibility index (Phi) is 9.61. The summed E-state index contributed by atoms with van der Waals surface area (Å²) in [4.78, 5) is 6.82. The Labute approximate surface area is 242 Å². The lowest BCUT2D eigenvalue weighted by Crippen LogP contribution is -2.55. The van der Waals surface area contributed by atoms with Crippen LogP contribution < -0.4 is 11.1 Å². The second-order valence-corrected chi connectivity index (χ2v) is 15.9. The number of nitrogens with one attached hydrogen (secondary N) is 1. The van der Waals surface area contributed by atoms with Gasteiger partial charge < -0.3 is 16.0 Å². The molecular formula is C35H64N4. The zero-order valence-corrected chi connectivity index (χ0v) is 26.5. The zero-order chi connectivity index (χ0) is 27.6. The molecule has 0 amide bonds. The predicted octanol–water partition coefficient (Wildman–Crippen LogP) is 7.87. The zero-order valence-electron chi connectivity index (χ0n) is 26.5. The Morgan fingerprint density at radius 1 is 0.923 bits per heavy atom. The number of nitrogens with zero attached hydrogens (tertiary/aromatic N) is 2. The highest BCUT2D eigenvalue weighted by atomic mass is 15.3. The van der Waals surface area contributed by atoms with Crippen molar-refractivity contribution in [2.45, 2.75) is 137 Å². The molecule has 39 heavy (non-hydrogen) atoms. The van der Waals surface area contributed by atoms with E-state index in [1.807, 2.05) is 0 Å². The lowest BCUT2D eigenvalue weighted by Gasteiger charge is -2.61. The smallest absolute Gasteiger partial charge is 0.191 e. The molecule has 224 valence electrons. The van der Waals surface area contributed by atoms with E-state index in [0.29, 0.717) is 10.8 Å². The van der Waals surface area contributed by atoms with Crippen LogP contribution in [0.3, 0.4) is 0 Å². The topological polar surface area (TPSA) is 53.6 Å². The van der Waals surface area contributed by atoms with Crippen molar-refractivity contribution in [1.29, 1.82) is 0 Å². The van der Waals surface area contributed by atoms with Gasteiger partial charge in [0.05, 0.1) is 0 Å². The van der Waals surface area contributed by atoms with Crippen LogP contribution in [0.5, 0.6) is 0 Å². The number of nitrogens with two attached hydrogens (primary N) is 1. The monoisotopic (exact) mass is 541 g/mol. The third kappa shape index (κ3) is 6.21. The van der Waals surface area contributed by atoms with Crippen LogP contribution >= 0.6 is 0 Å². The highest BCUT2D eigenvalue weighted by molar-refractivity contribution is 5.78. The molecule has 4 saturated carbocycles. The maximum atomic E-state index is 6.19. The molecule has 5 aliphatic rings. The standard InChI is InChI=1S/C35H64N4/c1-25(2)10-8-11-26(3)30-14-15-31-29-13-12-27-24-28(16-18-34(27,4)32(29)17-19-35(30,31)5)37-21-9-23-39-22-7-6-20-38-33(39)36/h25-32,37H,6-24H2,1-5H3,(H2,36,38). The lowest BCUT2D eigenvalue weighted by molar-refractivity contribution is -0.118. The van der Waals surface area contributed by atoms with Gasteiger partial charge in [-0.1, -0.05) is 53.9 Å². The molecular weight excluding hydrogens is 476 g/mol. The first kappa shape index (κ1) is 29.7. The molecule has 5 rings (SSSR count). The number of hydrogen-bond acceptors (Lipinski definition) is 4. The van der Waals surface area contributed by atoms with Crippen LogP contribution in [0.15, 0.2) is 4.99 Å². The summed E-state index contributed by atoms with van der Waals surface area (Å²) in [6, 6.07) is 0.728. The minimum absolute atomic E-state index is 0.598. The summed E-state index contributed by atoms with van der Waals surface area (Å²) in [7, 11) is 0. The summed E-state index contributed by atoms with van der Waals surface area (Å²) in [5, 5.41) is 3.99. The first-order valence-electron chi connectivity index (χ1n) is 17.5. The van der Waals surface area contributed by atoms with Crippen molar-refractivity contribution >= 4 is 5.96 Å². The van der Waals surface area contributed by atoms with Gasteiger partial charge in [-0.25, -0.2) is 0 Å². The number of fused-ring (bicyclic) bond motifs is 5. The number of aliphatic imine (C=N–C) groups is 1. The second-order valence-electron chi connectivity index (χ2n) is 15.9. The van der Waals surface area contributed by atoms with Gasteiger partial charge in [0.2, 0.25) is 0 Å². The van der Waals surface area contributed by atoms with Gasteiger partial charge in [-0.15, -0.1) is 0 Å². The van der Waals surface area contributed by atoms with Crippen molar-refractivity contribution in [2.75, 3.05) is 26.2 Å². The van der Waals surface area contributed by atoms with Crippen molar-refractivity contribution in [3.05, 3.63) is 0 Å². The SMILES string of the molecule is CC(C)CCCC(C)C1CCC2C3CCC4CC(NCCCN5CCCCN=C5N)CCC4(C)C3CCC12C. The molecule has 0 bridgehead atoms. The van der Waals surface area contributed by atoms with E-state index in [9.17, 15) is 0 Å². The van der Waals surface area contributed by atoms with E-state index in [4.69, 9.17) is 5.73 Å². The van der Waals surface area contributed by atoms with Crippen LogP contribution in [-0.2, 0) is 0 Å². The Morgan fingerprint density at radius 2 is 1.72 bits per heavy atom. The van der Waals surface area contributed by atoms with E-state index in [1.165, 1.54) is 96.3 Å². The minimum Gasteiger partial charge on any atom is -0.370 e. The predicted molar refractivity (Wildman–Crippen MR) is 167 cm³/mol. The quantitative estimate of drug-likeness (QED) is 0.277. The summed E-state index contributed by atoms with van der Waals surface area (Å²) >= 11 is 0. The number of hydrogen-bond donors (Lipinski definition) is 2. The van der Waals surface area contributed by atoms with Gasteiger partial charge in [-0.05, 0) is 136 Å². The van der Waals surface area contributed by atoms with Crippen LogP contribution in [0.2, 0.25) is 0 Å². The minimum atomic E-state index is 0.598. The summed E-state index contributed by atoms with van der Waals surface area (Å²) in [6.45, 7) is 17.1. The highest BCUT2D eigenvalue weighted by Gasteiger charge is 2.60. The van der Waals surface area contributed by atoms with Gasteiger partial charge >= 0.3 is 0 Å². The molecule has 4 nitrogen and oxygen atoms in total. The number of guanidine groups is 1. The second kappa shape index (κ2) is 12.6. The molecule has 0 radical (unpaired) electrons. The van der Waals surface area contributed by atoms with Crippen LogP contribution in [0, 0.1) is 52.3 Å². The van der Waals surface area contributed by atoms with Crippen molar-refractivity contribution in [2.24, 2.45) is 63.0 Å². The van der Waals surface area contributed by atoms with E-state index in [2.05, 4.69) is 49.8 Å². The third-order valence-electron chi connectivity index (χ3n) is 13.3. The highest BCUT2D eigenvalue weighted by Crippen LogP contribution is 2.68. The van der Waals surface area contributed by atoms with Crippen LogP contribution in [0.4, 0.5) is 0 Å². The summed E-state index contributed by atoms with van der Waals surface area (Å²) in [6.07, 6.45) is 21.3. The Bertz CT molecular complexity index is 823. The maximum absolute atomic E-state index is 6.19. The normalized spacial score (nSPS) is 41.4. The summed E-state index contributed by atoms with van der Waals surface area (Å²) in [5.74, 6) is 7.50. The molecule has 0 saturated heterocycles. The molecule has 4 aliphatic carbocycles. The molecule has 0 aromatic heterocycles. The first-order chi connectivity index (χ1) is 18.7. The van der Waals surface area contributed by atoms with Crippen LogP contribution in [0.1, 0.15) is 131 Å². The molecule has 0 aromatic carbocycles. The molecule has 3 N–H and O–H groups in total. The number of rotatable bonds is 10. The lowest BCUT2D eigenvalue weighted by atomic mass is 9.44. The van der Waals surface area contributed by atoms with E-state index >= 15 is 0 Å². The Balaban J connectivity index is 1.12. The average molecular weight is 541 g/mol. The van der Waals surface area contributed by atoms with Gasteiger partial charge in [0, 0.05) is 25.7 Å². The largest absolute Gasteiger partial charge is 0.370 e. The molecule has 0 spiro atoms. The van der Waals surface area contributed by atoms with E-state index < -0.39 is 0 Å². The Hall–Kier alpha value is -0.770. The fraction of sp³-hybridized carbons (Fsp3) is 0.971. The molecule has 9 unspecified atom stereocenters. The fourth-order valence-electron chi connectivity index (χ4n) is 11.1. The van der Waals surface area contributed by atoms with Gasteiger partial charge in [-0.2, -0.15) is 0 Å². The fourth-order valence-corrected chi connectivity index (χ4v) is 11.1. The van der Waals surface area contributed by atoms with Crippen LogP contribution in [-0.4, -0.2) is 43.1 Å². The first-order valence-corrected chi connectivity index (χ1v) is 17.5. The summed E-state index contributed by atoms with van der Waals surface area (Å²) < 4.78 is 0. The van der Waals surface area contributed by atoms with Crippen molar-refractivity contribution in [3.8, 4) is 0 Å². The molecule has 0 aromatic rings. The molecule has 4 fully saturated rings. The molecule has 1 heterocycles. The van der Waals surface area contributed by atoms with Crippen LogP contribution in [0.25, 0.3) is 0 Å². The maximum Gasteiger partial charge on any atom is 0.191 e. The Morgan fingerprint density at radius 3 is 2.54 bits per heavy atom. The molecule has 4 heteroatoms. The van der Waals surface area contributed by atoms with Gasteiger partial charge in [0.1, 0.15) is 0 Å². The third-order valence-corrected chi connectivity index (χ3v) is 13.3. The van der Waals surface area contributed by atoms with Crippen molar-refractivity contribution in [1.82, 2.24) is 10.2 Å². The average Bonchev–Trinajstić information content (AvgIpc) is 3.13. The van der Waals surface area contributed by atoms with Gasteiger partial charge in [0.15, 0.2) is 5.96 Å². The molecule has 9 atom stereocenters. The summed E-state index contributed by atoms with van der Waals surface area (Å²) in [5.41, 5.74) is 7.42. The van der Waals surface area contributed by atoms with E-state index in [1.54, 1.807) is 0 Å². The van der Waals surface area contributed by atoms with E-state index in [0.717, 1.165) is 79.6 Å². The van der Waals surface area contributed by atoms with Crippen molar-refractivity contribution < 1.29 is 0 Å². The van der Waals surface area contributed by atoms with Gasteiger partial charge in [0.25, 0.3) is 0 Å². The van der Waals surface area contributed by atoms with Crippen molar-refractivity contribution in [3.63, 3.8) is 0 Å².